The number of fused-ring (bicyclic) bond motifs is 1. The zero-order chi connectivity index (χ0) is 12.6. The van der Waals surface area contributed by atoms with Crippen LogP contribution in [0.4, 0.5) is 10.1 Å². The summed E-state index contributed by atoms with van der Waals surface area (Å²) in [6.45, 7) is 1.72. The second-order valence-corrected chi connectivity index (χ2v) is 4.12. The Morgan fingerprint density at radius 1 is 1.53 bits per heavy atom. The predicted octanol–water partition coefficient (Wildman–Crippen LogP) is 0.734. The van der Waals surface area contributed by atoms with Gasteiger partial charge in [0, 0.05) is 12.1 Å². The van der Waals surface area contributed by atoms with Gasteiger partial charge in [-0.25, -0.2) is 4.39 Å². The van der Waals surface area contributed by atoms with Crippen molar-refractivity contribution < 1.29 is 14.3 Å². The lowest BCUT2D eigenvalue weighted by atomic mass is 10.1. The molecule has 0 bridgehead atoms. The van der Waals surface area contributed by atoms with Gasteiger partial charge in [0.1, 0.15) is 11.9 Å². The van der Waals surface area contributed by atoms with Crippen molar-refractivity contribution in [3.05, 3.63) is 29.1 Å². The largest absolute Gasteiger partial charge is 0.395 e. The molecule has 17 heavy (non-hydrogen) atoms. The van der Waals surface area contributed by atoms with Crippen LogP contribution in [0.1, 0.15) is 17.2 Å². The number of carbonyl (C=O) groups is 1. The van der Waals surface area contributed by atoms with Crippen LogP contribution in [0.15, 0.2) is 12.1 Å². The van der Waals surface area contributed by atoms with Crippen molar-refractivity contribution in [3.63, 3.8) is 0 Å². The lowest BCUT2D eigenvalue weighted by Gasteiger charge is -2.16. The van der Waals surface area contributed by atoms with Gasteiger partial charge in [-0.05, 0) is 25.6 Å². The van der Waals surface area contributed by atoms with Gasteiger partial charge in [-0.1, -0.05) is 6.07 Å². The van der Waals surface area contributed by atoms with E-state index in [1.165, 1.54) is 11.0 Å². The number of nitrogens with one attached hydrogen (secondary N) is 1. The molecule has 1 amide bonds. The van der Waals surface area contributed by atoms with Crippen LogP contribution in [0.2, 0.25) is 0 Å². The zero-order valence-electron chi connectivity index (χ0n) is 9.83. The third kappa shape index (κ3) is 1.81. The van der Waals surface area contributed by atoms with Crippen LogP contribution in [0.3, 0.4) is 0 Å². The van der Waals surface area contributed by atoms with Crippen LogP contribution < -0.4 is 10.2 Å². The van der Waals surface area contributed by atoms with Crippen molar-refractivity contribution in [2.45, 2.75) is 13.0 Å². The van der Waals surface area contributed by atoms with Crippen LogP contribution in [0, 0.1) is 12.7 Å². The molecule has 2 rings (SSSR count). The second-order valence-electron chi connectivity index (χ2n) is 4.12. The van der Waals surface area contributed by atoms with Gasteiger partial charge in [-0.15, -0.1) is 0 Å². The van der Waals surface area contributed by atoms with Gasteiger partial charge in [0.2, 0.25) is 5.91 Å². The molecule has 0 aromatic heterocycles. The number of halogens is 1. The number of aliphatic hydroxyl groups is 1. The molecule has 1 aliphatic rings. The number of aliphatic hydroxyl groups excluding tert-OH is 1. The van der Waals surface area contributed by atoms with Crippen LogP contribution in [-0.4, -0.2) is 31.2 Å². The highest BCUT2D eigenvalue weighted by atomic mass is 19.1. The van der Waals surface area contributed by atoms with E-state index in [1.54, 1.807) is 20.0 Å². The van der Waals surface area contributed by atoms with Crippen LogP contribution in [0.25, 0.3) is 0 Å². The fourth-order valence-corrected chi connectivity index (χ4v) is 2.27. The smallest absolute Gasteiger partial charge is 0.248 e. The minimum atomic E-state index is -0.522. The molecule has 1 unspecified atom stereocenters. The highest BCUT2D eigenvalue weighted by Crippen LogP contribution is 2.38. The summed E-state index contributed by atoms with van der Waals surface area (Å²) in [4.78, 5) is 13.3. The van der Waals surface area contributed by atoms with Gasteiger partial charge >= 0.3 is 0 Å². The van der Waals surface area contributed by atoms with E-state index in [0.717, 1.165) is 5.56 Å². The Kier molecular flexibility index (Phi) is 3.13. The maximum Gasteiger partial charge on any atom is 0.248 e. The quantitative estimate of drug-likeness (QED) is 0.816. The Balaban J connectivity index is 2.56. The molecule has 0 radical (unpaired) electrons. The molecule has 0 saturated carbocycles. The molecular formula is C12H15FN2O2. The van der Waals surface area contributed by atoms with Gasteiger partial charge in [0.15, 0.2) is 0 Å². The number of nitrogens with zero attached hydrogens (tertiary/aromatic N) is 1. The normalized spacial score (nSPS) is 18.7. The van der Waals surface area contributed by atoms with Crippen molar-refractivity contribution in [2.75, 3.05) is 25.1 Å². The van der Waals surface area contributed by atoms with Crippen molar-refractivity contribution >= 4 is 11.6 Å². The van der Waals surface area contributed by atoms with E-state index in [1.807, 2.05) is 0 Å². The van der Waals surface area contributed by atoms with Gasteiger partial charge in [-0.2, -0.15) is 0 Å². The first-order chi connectivity index (χ1) is 8.10. The van der Waals surface area contributed by atoms with Crippen molar-refractivity contribution in [1.82, 2.24) is 5.32 Å². The molecule has 2 N–H and O–H groups in total. The fraction of sp³-hybridized carbons (Fsp3) is 0.417. The molecule has 0 spiro atoms. The summed E-state index contributed by atoms with van der Waals surface area (Å²) < 4.78 is 13.9. The van der Waals surface area contributed by atoms with E-state index in [9.17, 15) is 9.18 Å². The highest BCUT2D eigenvalue weighted by Gasteiger charge is 2.38. The number of hydrogen-bond donors (Lipinski definition) is 2. The molecule has 4 nitrogen and oxygen atoms in total. The Bertz CT molecular complexity index is 462. The molecule has 0 aliphatic carbocycles. The summed E-state index contributed by atoms with van der Waals surface area (Å²) in [7, 11) is 1.66. The second kappa shape index (κ2) is 4.43. The van der Waals surface area contributed by atoms with Crippen molar-refractivity contribution in [2.24, 2.45) is 0 Å². The SMILES string of the molecule is CNC1C(=O)N(CCO)c2c(F)cc(C)cc21. The number of carbonyl (C=O) groups excluding carboxylic acids is 1. The van der Waals surface area contributed by atoms with E-state index in [-0.39, 0.29) is 24.7 Å². The Morgan fingerprint density at radius 2 is 2.24 bits per heavy atom. The van der Waals surface area contributed by atoms with Gasteiger partial charge in [0.05, 0.1) is 12.3 Å². The van der Waals surface area contributed by atoms with Crippen molar-refractivity contribution in [1.29, 1.82) is 0 Å². The number of hydrogen-bond acceptors (Lipinski definition) is 3. The first-order valence-electron chi connectivity index (χ1n) is 5.49. The molecular weight excluding hydrogens is 223 g/mol. The minimum absolute atomic E-state index is 0.115. The minimum Gasteiger partial charge on any atom is -0.395 e. The van der Waals surface area contributed by atoms with E-state index in [0.29, 0.717) is 5.56 Å². The average Bonchev–Trinajstić information content (AvgIpc) is 2.52. The number of likely N-dealkylation sites (N-methyl/N-ethyl adjacent to an activating group) is 1. The number of benzene rings is 1. The lowest BCUT2D eigenvalue weighted by Crippen LogP contribution is -2.35. The van der Waals surface area contributed by atoms with E-state index in [4.69, 9.17) is 5.11 Å². The number of rotatable bonds is 3. The molecule has 1 atom stereocenters. The average molecular weight is 238 g/mol. The molecule has 0 fully saturated rings. The Morgan fingerprint density at radius 3 is 2.82 bits per heavy atom. The van der Waals surface area contributed by atoms with Gasteiger partial charge in [-0.3, -0.25) is 4.79 Å². The van der Waals surface area contributed by atoms with Crippen LogP contribution >= 0.6 is 0 Å². The number of amides is 1. The Labute approximate surface area is 99.0 Å². The standard InChI is InChI=1S/C12H15FN2O2/c1-7-5-8-10(14-2)12(17)15(3-4-16)11(8)9(13)6-7/h5-6,10,14,16H,3-4H2,1-2H3. The predicted molar refractivity (Wildman–Crippen MR) is 62.4 cm³/mol. The third-order valence-corrected chi connectivity index (χ3v) is 2.94. The molecule has 1 aromatic carbocycles. The molecule has 0 saturated heterocycles. The van der Waals surface area contributed by atoms with Gasteiger partial charge < -0.3 is 15.3 Å². The maximum atomic E-state index is 13.9. The van der Waals surface area contributed by atoms with E-state index in [2.05, 4.69) is 5.32 Å². The molecule has 92 valence electrons. The monoisotopic (exact) mass is 238 g/mol. The summed E-state index contributed by atoms with van der Waals surface area (Å²) in [5.41, 5.74) is 1.71. The zero-order valence-corrected chi connectivity index (χ0v) is 9.83. The number of β-amino-alcohol motifs (C(OH)–C–C–N with tert-alkyl or cyclic N) is 1. The molecule has 5 heteroatoms. The maximum absolute atomic E-state index is 13.9. The topological polar surface area (TPSA) is 52.6 Å². The van der Waals surface area contributed by atoms with Crippen LogP contribution in [-0.2, 0) is 4.79 Å². The molecule has 1 aromatic rings. The summed E-state index contributed by atoms with van der Waals surface area (Å²) in [5, 5.41) is 11.8. The first kappa shape index (κ1) is 12.0. The first-order valence-corrected chi connectivity index (χ1v) is 5.49. The van der Waals surface area contributed by atoms with Crippen LogP contribution in [0.5, 0.6) is 0 Å². The van der Waals surface area contributed by atoms with E-state index < -0.39 is 11.9 Å². The fourth-order valence-electron chi connectivity index (χ4n) is 2.27. The van der Waals surface area contributed by atoms with Crippen molar-refractivity contribution in [3.8, 4) is 0 Å². The summed E-state index contributed by atoms with van der Waals surface area (Å²) >= 11 is 0. The summed E-state index contributed by atoms with van der Waals surface area (Å²) in [6.07, 6.45) is 0. The third-order valence-electron chi connectivity index (χ3n) is 2.94. The number of anilines is 1. The molecule has 1 aliphatic heterocycles. The summed E-state index contributed by atoms with van der Waals surface area (Å²) in [6, 6.07) is 2.68. The molecule has 1 heterocycles. The number of aryl methyl sites for hydroxylation is 1. The summed E-state index contributed by atoms with van der Waals surface area (Å²) in [5.74, 6) is -0.638. The van der Waals surface area contributed by atoms with Gasteiger partial charge in [0.25, 0.3) is 0 Å². The van der Waals surface area contributed by atoms with E-state index >= 15 is 0 Å². The lowest BCUT2D eigenvalue weighted by molar-refractivity contribution is -0.120. The highest BCUT2D eigenvalue weighted by molar-refractivity contribution is 6.04. The Hall–Kier alpha value is -1.46.